The zero-order valence-electron chi connectivity index (χ0n) is 10.6. The summed E-state index contributed by atoms with van der Waals surface area (Å²) < 4.78 is 0. The minimum Gasteiger partial charge on any atom is -0.385 e. The van der Waals surface area contributed by atoms with Crippen LogP contribution in [0.15, 0.2) is 18.2 Å². The van der Waals surface area contributed by atoms with Crippen LogP contribution in [-0.4, -0.2) is 24.6 Å². The molecule has 1 heterocycles. The Morgan fingerprint density at radius 3 is 3.05 bits per heavy atom. The Bertz CT molecular complexity index is 504. The van der Waals surface area contributed by atoms with Crippen LogP contribution in [0.4, 0.5) is 11.4 Å². The molecule has 100 valence electrons. The maximum absolute atomic E-state index is 10.7. The lowest BCUT2D eigenvalue weighted by molar-refractivity contribution is -0.385. The van der Waals surface area contributed by atoms with Crippen molar-refractivity contribution in [3.8, 4) is 6.07 Å². The van der Waals surface area contributed by atoms with Crippen LogP contribution in [0, 0.1) is 27.4 Å². The summed E-state index contributed by atoms with van der Waals surface area (Å²) in [6.45, 7) is 2.96. The number of nitrogens with zero attached hydrogens (tertiary/aromatic N) is 2. The second kappa shape index (κ2) is 6.16. The van der Waals surface area contributed by atoms with Gasteiger partial charge in [0.1, 0.15) is 11.6 Å². The fraction of sp³-hybridized carbons (Fsp3) is 0.462. The number of nitro groups is 1. The van der Waals surface area contributed by atoms with Gasteiger partial charge in [-0.25, -0.2) is 0 Å². The van der Waals surface area contributed by atoms with E-state index in [0.717, 1.165) is 31.7 Å². The number of nitrogens with one attached hydrogen (secondary N) is 2. The normalized spacial score (nSPS) is 17.9. The fourth-order valence-electron chi connectivity index (χ4n) is 2.28. The lowest BCUT2D eigenvalue weighted by Gasteiger charge is -2.10. The number of hydrogen-bond acceptors (Lipinski definition) is 5. The third-order valence-corrected chi connectivity index (χ3v) is 3.36. The second-order valence-corrected chi connectivity index (χ2v) is 4.68. The van der Waals surface area contributed by atoms with Crippen LogP contribution < -0.4 is 10.6 Å². The van der Waals surface area contributed by atoms with Gasteiger partial charge in [0.25, 0.3) is 5.69 Å². The standard InChI is InChI=1S/C13H16N4O2/c14-8-11-7-12(1-2-13(11)17(18)19)16-6-4-10-3-5-15-9-10/h1-2,7,10,15-16H,3-6,9H2. The van der Waals surface area contributed by atoms with Crippen molar-refractivity contribution in [1.29, 1.82) is 5.26 Å². The van der Waals surface area contributed by atoms with Crippen molar-refractivity contribution in [3.63, 3.8) is 0 Å². The number of hydrogen-bond donors (Lipinski definition) is 2. The number of rotatable bonds is 5. The van der Waals surface area contributed by atoms with E-state index in [1.54, 1.807) is 6.07 Å². The largest absolute Gasteiger partial charge is 0.385 e. The molecule has 0 bridgehead atoms. The SMILES string of the molecule is N#Cc1cc(NCCC2CCNC2)ccc1[N+](=O)[O-]. The van der Waals surface area contributed by atoms with Gasteiger partial charge in [0.05, 0.1) is 4.92 Å². The Labute approximate surface area is 111 Å². The molecule has 6 nitrogen and oxygen atoms in total. The van der Waals surface area contributed by atoms with Gasteiger partial charge in [-0.05, 0) is 44.0 Å². The molecule has 1 atom stereocenters. The summed E-state index contributed by atoms with van der Waals surface area (Å²) in [5, 5.41) is 26.1. The summed E-state index contributed by atoms with van der Waals surface area (Å²) in [4.78, 5) is 10.2. The number of benzene rings is 1. The molecule has 0 aromatic heterocycles. The van der Waals surface area contributed by atoms with E-state index in [1.807, 2.05) is 6.07 Å². The molecule has 0 spiro atoms. The summed E-state index contributed by atoms with van der Waals surface area (Å²) in [5.74, 6) is 0.695. The van der Waals surface area contributed by atoms with Gasteiger partial charge in [0, 0.05) is 18.3 Å². The first-order valence-electron chi connectivity index (χ1n) is 6.34. The maximum Gasteiger partial charge on any atom is 0.287 e. The average molecular weight is 260 g/mol. The Kier molecular flexibility index (Phi) is 4.31. The summed E-state index contributed by atoms with van der Waals surface area (Å²) in [6, 6.07) is 6.41. The van der Waals surface area contributed by atoms with Gasteiger partial charge in [-0.1, -0.05) is 0 Å². The number of anilines is 1. The van der Waals surface area contributed by atoms with Crippen LogP contribution in [0.3, 0.4) is 0 Å². The smallest absolute Gasteiger partial charge is 0.287 e. The monoisotopic (exact) mass is 260 g/mol. The van der Waals surface area contributed by atoms with Gasteiger partial charge in [0.15, 0.2) is 0 Å². The minimum atomic E-state index is -0.535. The molecular weight excluding hydrogens is 244 g/mol. The number of nitriles is 1. The molecule has 1 fully saturated rings. The molecule has 2 N–H and O–H groups in total. The zero-order valence-corrected chi connectivity index (χ0v) is 10.6. The molecule has 1 unspecified atom stereocenters. The molecule has 1 aromatic rings. The van der Waals surface area contributed by atoms with Gasteiger partial charge < -0.3 is 10.6 Å². The lowest BCUT2D eigenvalue weighted by Crippen LogP contribution is -2.12. The molecule has 0 aliphatic carbocycles. The third kappa shape index (κ3) is 3.42. The van der Waals surface area contributed by atoms with Crippen LogP contribution in [-0.2, 0) is 0 Å². The van der Waals surface area contributed by atoms with Crippen molar-refractivity contribution < 1.29 is 4.92 Å². The van der Waals surface area contributed by atoms with Crippen molar-refractivity contribution in [3.05, 3.63) is 33.9 Å². The Balaban J connectivity index is 1.93. The van der Waals surface area contributed by atoms with Crippen LogP contribution in [0.25, 0.3) is 0 Å². The van der Waals surface area contributed by atoms with E-state index in [1.165, 1.54) is 18.6 Å². The Morgan fingerprint density at radius 2 is 2.42 bits per heavy atom. The van der Waals surface area contributed by atoms with Crippen LogP contribution >= 0.6 is 0 Å². The molecule has 0 amide bonds. The van der Waals surface area contributed by atoms with E-state index < -0.39 is 4.92 Å². The second-order valence-electron chi connectivity index (χ2n) is 4.68. The predicted octanol–water partition coefficient (Wildman–Crippen LogP) is 1.88. The van der Waals surface area contributed by atoms with Crippen molar-refractivity contribution in [2.45, 2.75) is 12.8 Å². The van der Waals surface area contributed by atoms with E-state index in [0.29, 0.717) is 5.92 Å². The highest BCUT2D eigenvalue weighted by Gasteiger charge is 2.15. The van der Waals surface area contributed by atoms with Gasteiger partial charge in [-0.15, -0.1) is 0 Å². The Morgan fingerprint density at radius 1 is 1.58 bits per heavy atom. The molecule has 0 saturated carbocycles. The fourth-order valence-corrected chi connectivity index (χ4v) is 2.28. The topological polar surface area (TPSA) is 91.0 Å². The zero-order chi connectivity index (χ0) is 13.7. The highest BCUT2D eigenvalue weighted by Crippen LogP contribution is 2.22. The molecule has 1 aromatic carbocycles. The van der Waals surface area contributed by atoms with Gasteiger partial charge in [0.2, 0.25) is 0 Å². The van der Waals surface area contributed by atoms with Gasteiger partial charge in [-0.2, -0.15) is 5.26 Å². The van der Waals surface area contributed by atoms with Gasteiger partial charge in [-0.3, -0.25) is 10.1 Å². The molecule has 19 heavy (non-hydrogen) atoms. The van der Waals surface area contributed by atoms with Crippen molar-refractivity contribution in [1.82, 2.24) is 5.32 Å². The first kappa shape index (κ1) is 13.3. The van der Waals surface area contributed by atoms with Crippen molar-refractivity contribution in [2.24, 2.45) is 5.92 Å². The molecule has 1 aliphatic heterocycles. The highest BCUT2D eigenvalue weighted by atomic mass is 16.6. The third-order valence-electron chi connectivity index (χ3n) is 3.36. The highest BCUT2D eigenvalue weighted by molar-refractivity contribution is 5.58. The van der Waals surface area contributed by atoms with Crippen LogP contribution in [0.2, 0.25) is 0 Å². The molecule has 2 rings (SSSR count). The van der Waals surface area contributed by atoms with Gasteiger partial charge >= 0.3 is 0 Å². The summed E-state index contributed by atoms with van der Waals surface area (Å²) in [5.41, 5.74) is 0.707. The molecule has 6 heteroatoms. The van der Waals surface area contributed by atoms with Crippen molar-refractivity contribution >= 4 is 11.4 Å². The summed E-state index contributed by atoms with van der Waals surface area (Å²) in [6.07, 6.45) is 2.26. The Hall–Kier alpha value is -2.13. The quantitative estimate of drug-likeness (QED) is 0.623. The number of nitro benzene ring substituents is 1. The van der Waals surface area contributed by atoms with E-state index in [2.05, 4.69) is 10.6 Å². The van der Waals surface area contributed by atoms with Crippen molar-refractivity contribution in [2.75, 3.05) is 25.0 Å². The molecule has 0 radical (unpaired) electrons. The predicted molar refractivity (Wildman–Crippen MR) is 71.9 cm³/mol. The van der Waals surface area contributed by atoms with E-state index in [4.69, 9.17) is 5.26 Å². The first-order valence-corrected chi connectivity index (χ1v) is 6.34. The average Bonchev–Trinajstić information content (AvgIpc) is 2.91. The molecule has 1 aliphatic rings. The van der Waals surface area contributed by atoms with Crippen LogP contribution in [0.5, 0.6) is 0 Å². The maximum atomic E-state index is 10.7. The van der Waals surface area contributed by atoms with E-state index in [9.17, 15) is 10.1 Å². The van der Waals surface area contributed by atoms with E-state index in [-0.39, 0.29) is 11.3 Å². The van der Waals surface area contributed by atoms with Crippen LogP contribution in [0.1, 0.15) is 18.4 Å². The summed E-state index contributed by atoms with van der Waals surface area (Å²) >= 11 is 0. The lowest BCUT2D eigenvalue weighted by atomic mass is 10.1. The first-order chi connectivity index (χ1) is 9.20. The minimum absolute atomic E-state index is 0.0949. The molecular formula is C13H16N4O2. The summed E-state index contributed by atoms with van der Waals surface area (Å²) in [7, 11) is 0. The molecule has 1 saturated heterocycles. The van der Waals surface area contributed by atoms with E-state index >= 15 is 0 Å².